The Morgan fingerprint density at radius 1 is 1.33 bits per heavy atom. The summed E-state index contributed by atoms with van der Waals surface area (Å²) in [6.07, 6.45) is 3.18. The predicted octanol–water partition coefficient (Wildman–Crippen LogP) is 2.54. The fourth-order valence-electron chi connectivity index (χ4n) is 2.37. The van der Waals surface area contributed by atoms with Gasteiger partial charge >= 0.3 is 6.09 Å². The van der Waals surface area contributed by atoms with Crippen LogP contribution >= 0.6 is 0 Å². The lowest BCUT2D eigenvalue weighted by Gasteiger charge is -2.22. The van der Waals surface area contributed by atoms with Gasteiger partial charge in [-0.15, -0.1) is 0 Å². The fourth-order valence-corrected chi connectivity index (χ4v) is 2.37. The molecule has 4 nitrogen and oxygen atoms in total. The standard InChI is InChI=1S/C14H28N2O2/c1-11-5-8-15-9-6-12(11)7-10-16-13(17)18-14(2,3)4/h11-12,15H,5-10H2,1-4H3,(H,16,17). The monoisotopic (exact) mass is 256 g/mol. The fraction of sp³-hybridized carbons (Fsp3) is 0.929. The van der Waals surface area contributed by atoms with Gasteiger partial charge in [-0.1, -0.05) is 6.92 Å². The molecular formula is C14H28N2O2. The zero-order valence-electron chi connectivity index (χ0n) is 12.2. The van der Waals surface area contributed by atoms with Gasteiger partial charge in [0.15, 0.2) is 0 Å². The molecule has 106 valence electrons. The third-order valence-electron chi connectivity index (χ3n) is 3.46. The van der Waals surface area contributed by atoms with E-state index < -0.39 is 5.60 Å². The lowest BCUT2D eigenvalue weighted by molar-refractivity contribution is 0.0523. The molecule has 0 aromatic heterocycles. The van der Waals surface area contributed by atoms with Gasteiger partial charge in [-0.3, -0.25) is 0 Å². The van der Waals surface area contributed by atoms with Crippen LogP contribution in [0.5, 0.6) is 0 Å². The molecule has 2 unspecified atom stereocenters. The summed E-state index contributed by atoms with van der Waals surface area (Å²) < 4.78 is 5.22. The largest absolute Gasteiger partial charge is 0.444 e. The number of alkyl carbamates (subject to hydrolysis) is 1. The van der Waals surface area contributed by atoms with Gasteiger partial charge in [0.1, 0.15) is 5.60 Å². The molecule has 2 atom stereocenters. The Hall–Kier alpha value is -0.770. The molecule has 0 saturated carbocycles. The van der Waals surface area contributed by atoms with Crippen LogP contribution in [0.25, 0.3) is 0 Å². The van der Waals surface area contributed by atoms with Gasteiger partial charge in [0, 0.05) is 6.54 Å². The smallest absolute Gasteiger partial charge is 0.407 e. The van der Waals surface area contributed by atoms with E-state index in [1.165, 1.54) is 12.8 Å². The molecule has 1 rings (SSSR count). The predicted molar refractivity (Wildman–Crippen MR) is 73.6 cm³/mol. The minimum absolute atomic E-state index is 0.304. The average Bonchev–Trinajstić information content (AvgIpc) is 2.41. The number of hydrogen-bond donors (Lipinski definition) is 2. The molecule has 0 bridgehead atoms. The van der Waals surface area contributed by atoms with Crippen LogP contribution in [0.2, 0.25) is 0 Å². The van der Waals surface area contributed by atoms with Crippen LogP contribution < -0.4 is 10.6 Å². The van der Waals surface area contributed by atoms with Crippen molar-refractivity contribution in [2.75, 3.05) is 19.6 Å². The van der Waals surface area contributed by atoms with E-state index in [1.807, 2.05) is 20.8 Å². The molecule has 1 fully saturated rings. The van der Waals surface area contributed by atoms with E-state index in [1.54, 1.807) is 0 Å². The van der Waals surface area contributed by atoms with Crippen molar-refractivity contribution in [3.8, 4) is 0 Å². The highest BCUT2D eigenvalue weighted by molar-refractivity contribution is 5.67. The topological polar surface area (TPSA) is 50.4 Å². The molecule has 0 spiro atoms. The van der Waals surface area contributed by atoms with Crippen molar-refractivity contribution >= 4 is 6.09 Å². The Labute approximate surface area is 111 Å². The lowest BCUT2D eigenvalue weighted by atomic mass is 9.87. The van der Waals surface area contributed by atoms with Crippen LogP contribution in [-0.4, -0.2) is 31.3 Å². The van der Waals surface area contributed by atoms with E-state index in [4.69, 9.17) is 4.74 Å². The van der Waals surface area contributed by atoms with Gasteiger partial charge in [-0.05, 0) is 65.0 Å². The summed E-state index contributed by atoms with van der Waals surface area (Å²) in [6, 6.07) is 0. The maximum atomic E-state index is 11.5. The van der Waals surface area contributed by atoms with Crippen LogP contribution in [0, 0.1) is 11.8 Å². The van der Waals surface area contributed by atoms with Crippen LogP contribution in [0.3, 0.4) is 0 Å². The van der Waals surface area contributed by atoms with Gasteiger partial charge in [0.2, 0.25) is 0 Å². The Morgan fingerprint density at radius 3 is 2.67 bits per heavy atom. The first-order chi connectivity index (χ1) is 8.38. The number of hydrogen-bond acceptors (Lipinski definition) is 3. The quantitative estimate of drug-likeness (QED) is 0.816. The van der Waals surface area contributed by atoms with Crippen molar-refractivity contribution in [3.63, 3.8) is 0 Å². The normalized spacial score (nSPS) is 25.3. The summed E-state index contributed by atoms with van der Waals surface area (Å²) in [5.74, 6) is 1.44. The maximum Gasteiger partial charge on any atom is 0.407 e. The molecule has 0 aliphatic carbocycles. The van der Waals surface area contributed by atoms with E-state index in [0.717, 1.165) is 25.4 Å². The van der Waals surface area contributed by atoms with Gasteiger partial charge in [0.25, 0.3) is 0 Å². The second-order valence-electron chi connectivity index (χ2n) is 6.28. The number of carbonyl (C=O) groups is 1. The Bertz CT molecular complexity index is 261. The molecular weight excluding hydrogens is 228 g/mol. The van der Waals surface area contributed by atoms with Crippen molar-refractivity contribution in [2.24, 2.45) is 11.8 Å². The van der Waals surface area contributed by atoms with Crippen molar-refractivity contribution in [3.05, 3.63) is 0 Å². The number of carbonyl (C=O) groups excluding carboxylic acids is 1. The zero-order chi connectivity index (χ0) is 13.6. The van der Waals surface area contributed by atoms with Gasteiger partial charge in [-0.2, -0.15) is 0 Å². The van der Waals surface area contributed by atoms with E-state index in [2.05, 4.69) is 17.6 Å². The van der Waals surface area contributed by atoms with E-state index in [9.17, 15) is 4.79 Å². The van der Waals surface area contributed by atoms with E-state index >= 15 is 0 Å². The third kappa shape index (κ3) is 6.24. The van der Waals surface area contributed by atoms with Gasteiger partial charge in [0.05, 0.1) is 0 Å². The average molecular weight is 256 g/mol. The highest BCUT2D eigenvalue weighted by atomic mass is 16.6. The van der Waals surface area contributed by atoms with Gasteiger partial charge in [-0.25, -0.2) is 4.79 Å². The highest BCUT2D eigenvalue weighted by Crippen LogP contribution is 2.23. The Morgan fingerprint density at radius 2 is 2.00 bits per heavy atom. The maximum absolute atomic E-state index is 11.5. The molecule has 1 heterocycles. The SMILES string of the molecule is CC1CCNCCC1CCNC(=O)OC(C)(C)C. The second-order valence-corrected chi connectivity index (χ2v) is 6.28. The zero-order valence-corrected chi connectivity index (χ0v) is 12.2. The Balaban J connectivity index is 2.22. The van der Waals surface area contributed by atoms with Crippen molar-refractivity contribution in [1.82, 2.24) is 10.6 Å². The van der Waals surface area contributed by atoms with Crippen LogP contribution in [0.1, 0.15) is 47.0 Å². The number of rotatable bonds is 3. The van der Waals surface area contributed by atoms with Crippen molar-refractivity contribution in [2.45, 2.75) is 52.6 Å². The molecule has 1 saturated heterocycles. The molecule has 1 amide bonds. The molecule has 0 radical (unpaired) electrons. The first-order valence-corrected chi connectivity index (χ1v) is 7.06. The first kappa shape index (κ1) is 15.3. The third-order valence-corrected chi connectivity index (χ3v) is 3.46. The lowest BCUT2D eigenvalue weighted by Crippen LogP contribution is -2.34. The first-order valence-electron chi connectivity index (χ1n) is 7.06. The molecule has 0 aromatic rings. The number of ether oxygens (including phenoxy) is 1. The van der Waals surface area contributed by atoms with E-state index in [-0.39, 0.29) is 6.09 Å². The summed E-state index contributed by atoms with van der Waals surface area (Å²) in [4.78, 5) is 11.5. The summed E-state index contributed by atoms with van der Waals surface area (Å²) in [7, 11) is 0. The van der Waals surface area contributed by atoms with Gasteiger partial charge < -0.3 is 15.4 Å². The second kappa shape index (κ2) is 6.98. The van der Waals surface area contributed by atoms with Crippen LogP contribution in [-0.2, 0) is 4.74 Å². The molecule has 1 aliphatic heterocycles. The van der Waals surface area contributed by atoms with E-state index in [0.29, 0.717) is 12.5 Å². The number of nitrogens with one attached hydrogen (secondary N) is 2. The number of amides is 1. The van der Waals surface area contributed by atoms with Crippen molar-refractivity contribution < 1.29 is 9.53 Å². The molecule has 1 aliphatic rings. The summed E-state index contributed by atoms with van der Waals surface area (Å²) in [6.45, 7) is 10.9. The van der Waals surface area contributed by atoms with Crippen LogP contribution in [0.15, 0.2) is 0 Å². The molecule has 0 aromatic carbocycles. The highest BCUT2D eigenvalue weighted by Gasteiger charge is 2.20. The summed E-state index contributed by atoms with van der Waals surface area (Å²) in [5, 5.41) is 6.27. The molecule has 18 heavy (non-hydrogen) atoms. The Kier molecular flexibility index (Phi) is 5.93. The molecule has 4 heteroatoms. The van der Waals surface area contributed by atoms with Crippen molar-refractivity contribution in [1.29, 1.82) is 0 Å². The minimum atomic E-state index is -0.413. The van der Waals surface area contributed by atoms with Crippen LogP contribution in [0.4, 0.5) is 4.79 Å². The minimum Gasteiger partial charge on any atom is -0.444 e. The molecule has 2 N–H and O–H groups in total. The summed E-state index contributed by atoms with van der Waals surface area (Å²) in [5.41, 5.74) is -0.413. The summed E-state index contributed by atoms with van der Waals surface area (Å²) >= 11 is 0.